The highest BCUT2D eigenvalue weighted by Gasteiger charge is 2.55. The fraction of sp³-hybridized carbons (Fsp3) is 0.750. The van der Waals surface area contributed by atoms with Gasteiger partial charge in [0, 0.05) is 17.0 Å². The zero-order valence-corrected chi connectivity index (χ0v) is 12.1. The smallest absolute Gasteiger partial charge is 0.0304 e. The molecule has 2 heteroatoms. The Morgan fingerprint density at radius 1 is 1.28 bits per heavy atom. The van der Waals surface area contributed by atoms with Gasteiger partial charge in [-0.3, -0.25) is 0 Å². The highest BCUT2D eigenvalue weighted by molar-refractivity contribution is 7.09. The third-order valence-electron chi connectivity index (χ3n) is 5.57. The summed E-state index contributed by atoms with van der Waals surface area (Å²) < 4.78 is 0. The zero-order valence-electron chi connectivity index (χ0n) is 11.2. The molecule has 1 nitrogen and oxygen atoms in total. The van der Waals surface area contributed by atoms with E-state index in [0.717, 1.165) is 18.4 Å². The van der Waals surface area contributed by atoms with Crippen molar-refractivity contribution < 1.29 is 0 Å². The van der Waals surface area contributed by atoms with Crippen LogP contribution < -0.4 is 5.32 Å². The predicted octanol–water partition coefficient (Wildman–Crippen LogP) is 4.20. The molecule has 18 heavy (non-hydrogen) atoms. The molecule has 98 valence electrons. The van der Waals surface area contributed by atoms with Gasteiger partial charge in [-0.2, -0.15) is 0 Å². The molecule has 4 aliphatic rings. The van der Waals surface area contributed by atoms with Crippen molar-refractivity contribution in [1.82, 2.24) is 5.32 Å². The van der Waals surface area contributed by atoms with Crippen molar-refractivity contribution in [2.24, 2.45) is 17.3 Å². The van der Waals surface area contributed by atoms with Gasteiger partial charge in [-0.25, -0.2) is 0 Å². The summed E-state index contributed by atoms with van der Waals surface area (Å²) in [7, 11) is 0. The van der Waals surface area contributed by atoms with Crippen LogP contribution >= 0.6 is 11.3 Å². The molecule has 1 aromatic heterocycles. The summed E-state index contributed by atoms with van der Waals surface area (Å²) in [4.78, 5) is 1.50. The normalized spacial score (nSPS) is 45.6. The molecule has 5 rings (SSSR count). The molecular formula is C16H23NS. The standard InChI is InChI=1S/C16H23NS/c1-15-6-12-5-13(7-15)9-16(8-12,11-15)17-10-14-3-2-4-18-14/h2-4,12-13,17H,5-11H2,1H3. The average molecular weight is 261 g/mol. The molecule has 4 aliphatic carbocycles. The highest BCUT2D eigenvalue weighted by atomic mass is 32.1. The van der Waals surface area contributed by atoms with E-state index >= 15 is 0 Å². The van der Waals surface area contributed by atoms with Gasteiger partial charge in [0.05, 0.1) is 0 Å². The Hall–Kier alpha value is -0.340. The lowest BCUT2D eigenvalue weighted by atomic mass is 9.47. The molecule has 4 saturated carbocycles. The van der Waals surface area contributed by atoms with Gasteiger partial charge in [0.1, 0.15) is 0 Å². The molecule has 2 unspecified atom stereocenters. The van der Waals surface area contributed by atoms with Crippen molar-refractivity contribution in [2.75, 3.05) is 0 Å². The Labute approximate surface area is 114 Å². The van der Waals surface area contributed by atoms with Crippen molar-refractivity contribution >= 4 is 11.3 Å². The van der Waals surface area contributed by atoms with E-state index in [9.17, 15) is 0 Å². The Kier molecular flexibility index (Phi) is 2.44. The van der Waals surface area contributed by atoms with Crippen LogP contribution in [0.2, 0.25) is 0 Å². The second-order valence-electron chi connectivity index (χ2n) is 7.48. The van der Waals surface area contributed by atoms with Crippen LogP contribution in [-0.2, 0) is 6.54 Å². The molecule has 0 spiro atoms. The first-order chi connectivity index (χ1) is 8.65. The van der Waals surface area contributed by atoms with Crippen molar-refractivity contribution in [3.05, 3.63) is 22.4 Å². The van der Waals surface area contributed by atoms with Crippen molar-refractivity contribution in [3.8, 4) is 0 Å². The fourth-order valence-corrected chi connectivity index (χ4v) is 6.26. The SMILES string of the molecule is CC12CC3CC(C1)CC(NCc1cccs1)(C3)C2. The number of hydrogen-bond donors (Lipinski definition) is 1. The molecule has 0 aromatic carbocycles. The van der Waals surface area contributed by atoms with Crippen molar-refractivity contribution in [1.29, 1.82) is 0 Å². The van der Waals surface area contributed by atoms with Crippen LogP contribution in [0.25, 0.3) is 0 Å². The molecule has 0 saturated heterocycles. The van der Waals surface area contributed by atoms with Crippen LogP contribution in [0.5, 0.6) is 0 Å². The van der Waals surface area contributed by atoms with Crippen LogP contribution in [0.4, 0.5) is 0 Å². The van der Waals surface area contributed by atoms with Crippen LogP contribution in [0, 0.1) is 17.3 Å². The zero-order chi connectivity index (χ0) is 12.2. The van der Waals surface area contributed by atoms with E-state index in [2.05, 4.69) is 29.8 Å². The Morgan fingerprint density at radius 3 is 2.67 bits per heavy atom. The molecule has 4 bridgehead atoms. The molecule has 4 fully saturated rings. The fourth-order valence-electron chi connectivity index (χ4n) is 5.61. The Balaban J connectivity index is 1.53. The van der Waals surface area contributed by atoms with Gasteiger partial charge in [0.2, 0.25) is 0 Å². The second-order valence-corrected chi connectivity index (χ2v) is 8.52. The molecule has 1 N–H and O–H groups in total. The van der Waals surface area contributed by atoms with E-state index in [4.69, 9.17) is 0 Å². The Bertz CT molecular complexity index is 422. The van der Waals surface area contributed by atoms with Crippen molar-refractivity contribution in [2.45, 2.75) is 57.5 Å². The Morgan fingerprint density at radius 2 is 2.06 bits per heavy atom. The van der Waals surface area contributed by atoms with E-state index in [1.54, 1.807) is 0 Å². The van der Waals surface area contributed by atoms with E-state index in [0.29, 0.717) is 11.0 Å². The summed E-state index contributed by atoms with van der Waals surface area (Å²) >= 11 is 1.89. The number of hydrogen-bond acceptors (Lipinski definition) is 2. The van der Waals surface area contributed by atoms with Crippen LogP contribution in [0.15, 0.2) is 17.5 Å². The van der Waals surface area contributed by atoms with Gasteiger partial charge >= 0.3 is 0 Å². The first kappa shape index (κ1) is 11.5. The van der Waals surface area contributed by atoms with Crippen LogP contribution in [0.1, 0.15) is 50.3 Å². The number of thiophene rings is 1. The average Bonchev–Trinajstić information content (AvgIpc) is 2.75. The maximum absolute atomic E-state index is 3.97. The van der Waals surface area contributed by atoms with Gasteiger partial charge in [0.25, 0.3) is 0 Å². The maximum Gasteiger partial charge on any atom is 0.0304 e. The van der Waals surface area contributed by atoms with Gasteiger partial charge in [0.15, 0.2) is 0 Å². The summed E-state index contributed by atoms with van der Waals surface area (Å²) in [6, 6.07) is 4.43. The van der Waals surface area contributed by atoms with Crippen LogP contribution in [0.3, 0.4) is 0 Å². The molecule has 0 radical (unpaired) electrons. The van der Waals surface area contributed by atoms with E-state index in [-0.39, 0.29) is 0 Å². The van der Waals surface area contributed by atoms with E-state index in [1.807, 2.05) is 11.3 Å². The lowest BCUT2D eigenvalue weighted by Gasteiger charge is -2.61. The summed E-state index contributed by atoms with van der Waals surface area (Å²) in [5.74, 6) is 2.04. The lowest BCUT2D eigenvalue weighted by molar-refractivity contribution is -0.0725. The maximum atomic E-state index is 3.97. The largest absolute Gasteiger partial charge is 0.306 e. The molecule has 1 heterocycles. The quantitative estimate of drug-likeness (QED) is 0.860. The summed E-state index contributed by atoms with van der Waals surface area (Å²) in [5, 5.41) is 6.16. The molecule has 2 atom stereocenters. The van der Waals surface area contributed by atoms with Crippen LogP contribution in [-0.4, -0.2) is 5.54 Å². The number of nitrogens with one attached hydrogen (secondary N) is 1. The van der Waals surface area contributed by atoms with Gasteiger partial charge in [-0.1, -0.05) is 13.0 Å². The third kappa shape index (κ3) is 1.85. The van der Waals surface area contributed by atoms with Gasteiger partial charge in [-0.05, 0) is 67.2 Å². The van der Waals surface area contributed by atoms with E-state index in [1.165, 1.54) is 43.4 Å². The topological polar surface area (TPSA) is 12.0 Å². The summed E-state index contributed by atoms with van der Waals surface area (Å²) in [5.41, 5.74) is 1.15. The third-order valence-corrected chi connectivity index (χ3v) is 6.45. The molecule has 0 amide bonds. The second kappa shape index (κ2) is 3.83. The van der Waals surface area contributed by atoms with E-state index < -0.39 is 0 Å². The monoisotopic (exact) mass is 261 g/mol. The minimum absolute atomic E-state index is 0.489. The predicted molar refractivity (Wildman–Crippen MR) is 76.7 cm³/mol. The van der Waals surface area contributed by atoms with Crippen molar-refractivity contribution in [3.63, 3.8) is 0 Å². The highest BCUT2D eigenvalue weighted by Crippen LogP contribution is 2.61. The first-order valence-corrected chi connectivity index (χ1v) is 8.30. The van der Waals surface area contributed by atoms with Gasteiger partial charge in [-0.15, -0.1) is 11.3 Å². The molecular weight excluding hydrogens is 238 g/mol. The summed E-state index contributed by atoms with van der Waals surface area (Å²) in [6.07, 6.45) is 8.86. The number of rotatable bonds is 3. The first-order valence-electron chi connectivity index (χ1n) is 7.42. The minimum atomic E-state index is 0.489. The van der Waals surface area contributed by atoms with Gasteiger partial charge < -0.3 is 5.32 Å². The lowest BCUT2D eigenvalue weighted by Crippen LogP contribution is -2.61. The summed E-state index contributed by atoms with van der Waals surface area (Å²) in [6.45, 7) is 3.64. The minimum Gasteiger partial charge on any atom is -0.306 e. The molecule has 1 aromatic rings. The molecule has 0 aliphatic heterocycles.